The summed E-state index contributed by atoms with van der Waals surface area (Å²) in [5.74, 6) is 1.21. The Labute approximate surface area is 127 Å². The highest BCUT2D eigenvalue weighted by Crippen LogP contribution is 2.28. The van der Waals surface area contributed by atoms with Crippen molar-refractivity contribution >= 4 is 17.6 Å². The molecule has 0 atom stereocenters. The van der Waals surface area contributed by atoms with Crippen LogP contribution >= 0.6 is 11.8 Å². The molecule has 0 unspecified atom stereocenters. The molecular weight excluding hydrogens is 288 g/mol. The first-order chi connectivity index (χ1) is 10.1. The molecule has 2 rings (SSSR count). The lowest BCUT2D eigenvalue weighted by molar-refractivity contribution is 0.603. The molecule has 0 amide bonds. The zero-order valence-corrected chi connectivity index (χ0v) is 13.3. The summed E-state index contributed by atoms with van der Waals surface area (Å²) in [5.41, 5.74) is 6.56. The van der Waals surface area contributed by atoms with Gasteiger partial charge >= 0.3 is 5.69 Å². The smallest absolute Gasteiger partial charge is 0.343 e. The Bertz CT molecular complexity index is 678. The van der Waals surface area contributed by atoms with Gasteiger partial charge in [0.2, 0.25) is 0 Å². The first-order valence-corrected chi connectivity index (χ1v) is 7.84. The van der Waals surface area contributed by atoms with Gasteiger partial charge in [0.1, 0.15) is 16.7 Å². The molecular formula is C13H20N6OS. The largest absolute Gasteiger partial charge is 0.383 e. The summed E-state index contributed by atoms with van der Waals surface area (Å²) in [7, 11) is 0. The van der Waals surface area contributed by atoms with Crippen LogP contribution in [0.1, 0.15) is 38.1 Å². The van der Waals surface area contributed by atoms with Crippen molar-refractivity contribution in [2.24, 2.45) is 0 Å². The summed E-state index contributed by atoms with van der Waals surface area (Å²) >= 11 is 1.35. The number of nitrogens with two attached hydrogens (primary N) is 1. The summed E-state index contributed by atoms with van der Waals surface area (Å²) in [5, 5.41) is 7.90. The summed E-state index contributed by atoms with van der Waals surface area (Å²) in [6.45, 7) is 6.58. The number of aryl methyl sites for hydroxylation is 1. The Kier molecular flexibility index (Phi) is 5.00. The second kappa shape index (κ2) is 6.75. The highest BCUT2D eigenvalue weighted by molar-refractivity contribution is 7.99. The highest BCUT2D eigenvalue weighted by Gasteiger charge is 2.15. The van der Waals surface area contributed by atoms with E-state index in [0.29, 0.717) is 17.5 Å². The van der Waals surface area contributed by atoms with Gasteiger partial charge in [0.05, 0.1) is 0 Å². The highest BCUT2D eigenvalue weighted by atomic mass is 32.2. The Hall–Kier alpha value is -1.83. The quantitative estimate of drug-likeness (QED) is 0.788. The van der Waals surface area contributed by atoms with E-state index in [1.807, 2.05) is 13.8 Å². The normalized spacial score (nSPS) is 11.0. The van der Waals surface area contributed by atoms with Gasteiger partial charge in [-0.05, 0) is 31.5 Å². The van der Waals surface area contributed by atoms with Crippen molar-refractivity contribution in [3.63, 3.8) is 0 Å². The molecule has 7 nitrogen and oxygen atoms in total. The van der Waals surface area contributed by atoms with Gasteiger partial charge < -0.3 is 5.73 Å². The number of aromatic nitrogens is 5. The monoisotopic (exact) mass is 308 g/mol. The van der Waals surface area contributed by atoms with Crippen molar-refractivity contribution in [1.82, 2.24) is 24.7 Å². The predicted octanol–water partition coefficient (Wildman–Crippen LogP) is 1.77. The minimum absolute atomic E-state index is 0.201. The number of nitrogen functional groups attached to an aromatic ring is 1. The van der Waals surface area contributed by atoms with Crippen LogP contribution in [0.15, 0.2) is 15.0 Å². The molecule has 0 aliphatic carbocycles. The second-order valence-electron chi connectivity index (χ2n) is 4.77. The standard InChI is InChI=1S/C13H20N6OS/c1-4-6-9-15-10(14)8(3)11(16-9)21-13-18-17-12(20)19(13)7-5-2/h4-7H2,1-3H3,(H,17,20)(H2,14,15,16). The zero-order chi connectivity index (χ0) is 15.4. The van der Waals surface area contributed by atoms with E-state index in [9.17, 15) is 4.79 Å². The number of hydrogen-bond donors (Lipinski definition) is 2. The van der Waals surface area contributed by atoms with Crippen LogP contribution in [0.25, 0.3) is 0 Å². The van der Waals surface area contributed by atoms with Gasteiger partial charge in [-0.1, -0.05) is 13.8 Å². The Balaban J connectivity index is 2.37. The topological polar surface area (TPSA) is 102 Å². The Morgan fingerprint density at radius 1 is 1.29 bits per heavy atom. The number of hydrogen-bond acceptors (Lipinski definition) is 6. The maximum atomic E-state index is 11.7. The maximum absolute atomic E-state index is 11.7. The molecule has 2 aromatic rings. The first kappa shape index (κ1) is 15.6. The minimum atomic E-state index is -0.201. The lowest BCUT2D eigenvalue weighted by Gasteiger charge is -2.09. The molecule has 0 radical (unpaired) electrons. The molecule has 114 valence electrons. The van der Waals surface area contributed by atoms with E-state index in [2.05, 4.69) is 27.1 Å². The predicted molar refractivity (Wildman–Crippen MR) is 82.4 cm³/mol. The van der Waals surface area contributed by atoms with E-state index in [1.165, 1.54) is 11.8 Å². The van der Waals surface area contributed by atoms with Crippen LogP contribution < -0.4 is 11.4 Å². The molecule has 0 aromatic carbocycles. The van der Waals surface area contributed by atoms with Crippen LogP contribution in [-0.2, 0) is 13.0 Å². The van der Waals surface area contributed by atoms with Gasteiger partial charge in [-0.3, -0.25) is 4.57 Å². The molecule has 21 heavy (non-hydrogen) atoms. The van der Waals surface area contributed by atoms with Crippen molar-refractivity contribution in [3.05, 3.63) is 21.9 Å². The van der Waals surface area contributed by atoms with Crippen molar-refractivity contribution in [1.29, 1.82) is 0 Å². The van der Waals surface area contributed by atoms with E-state index in [-0.39, 0.29) is 5.69 Å². The molecule has 0 bridgehead atoms. The van der Waals surface area contributed by atoms with Crippen LogP contribution in [0.4, 0.5) is 5.82 Å². The number of anilines is 1. The molecule has 3 N–H and O–H groups in total. The lowest BCUT2D eigenvalue weighted by Crippen LogP contribution is -2.17. The average molecular weight is 308 g/mol. The fraction of sp³-hybridized carbons (Fsp3) is 0.538. The van der Waals surface area contributed by atoms with Crippen LogP contribution in [0.5, 0.6) is 0 Å². The third-order valence-corrected chi connectivity index (χ3v) is 4.10. The van der Waals surface area contributed by atoms with Crippen molar-refractivity contribution < 1.29 is 0 Å². The SMILES string of the molecule is CCCc1nc(N)c(C)c(Sc2n[nH]c(=O)n2CCC)n1. The third-order valence-electron chi connectivity index (χ3n) is 3.02. The summed E-state index contributed by atoms with van der Waals surface area (Å²) in [6.07, 6.45) is 2.59. The van der Waals surface area contributed by atoms with Crippen LogP contribution in [0.2, 0.25) is 0 Å². The van der Waals surface area contributed by atoms with Gasteiger partial charge in [0.25, 0.3) is 0 Å². The van der Waals surface area contributed by atoms with E-state index >= 15 is 0 Å². The summed E-state index contributed by atoms with van der Waals surface area (Å²) in [6, 6.07) is 0. The van der Waals surface area contributed by atoms with E-state index < -0.39 is 0 Å². The van der Waals surface area contributed by atoms with Crippen LogP contribution in [0, 0.1) is 6.92 Å². The number of nitrogens with zero attached hydrogens (tertiary/aromatic N) is 4. The molecule has 0 saturated heterocycles. The molecule has 0 saturated carbocycles. The molecule has 0 aliphatic rings. The van der Waals surface area contributed by atoms with Crippen molar-refractivity contribution in [2.75, 3.05) is 5.73 Å². The van der Waals surface area contributed by atoms with E-state index in [0.717, 1.165) is 35.7 Å². The average Bonchev–Trinajstić information content (AvgIpc) is 2.78. The molecule has 2 heterocycles. The second-order valence-corrected chi connectivity index (χ2v) is 5.73. The molecule has 0 fully saturated rings. The number of rotatable bonds is 6. The van der Waals surface area contributed by atoms with Crippen molar-refractivity contribution in [3.8, 4) is 0 Å². The van der Waals surface area contributed by atoms with Gasteiger partial charge in [-0.2, -0.15) is 0 Å². The van der Waals surface area contributed by atoms with Gasteiger partial charge in [0, 0.05) is 18.5 Å². The van der Waals surface area contributed by atoms with Gasteiger partial charge in [-0.15, -0.1) is 5.10 Å². The van der Waals surface area contributed by atoms with Crippen LogP contribution in [-0.4, -0.2) is 24.7 Å². The maximum Gasteiger partial charge on any atom is 0.343 e. The van der Waals surface area contributed by atoms with E-state index in [1.54, 1.807) is 4.57 Å². The van der Waals surface area contributed by atoms with E-state index in [4.69, 9.17) is 5.73 Å². The Morgan fingerprint density at radius 3 is 2.71 bits per heavy atom. The lowest BCUT2D eigenvalue weighted by atomic mass is 10.3. The third kappa shape index (κ3) is 3.44. The summed E-state index contributed by atoms with van der Waals surface area (Å²) in [4.78, 5) is 20.5. The molecule has 8 heteroatoms. The zero-order valence-electron chi connectivity index (χ0n) is 12.5. The Morgan fingerprint density at radius 2 is 2.05 bits per heavy atom. The fourth-order valence-corrected chi connectivity index (χ4v) is 2.84. The van der Waals surface area contributed by atoms with Crippen molar-refractivity contribution in [2.45, 2.75) is 56.8 Å². The van der Waals surface area contributed by atoms with Crippen LogP contribution in [0.3, 0.4) is 0 Å². The van der Waals surface area contributed by atoms with Gasteiger partial charge in [-0.25, -0.2) is 19.9 Å². The molecule has 2 aromatic heterocycles. The number of aromatic amines is 1. The number of H-pyrrole nitrogens is 1. The minimum Gasteiger partial charge on any atom is -0.383 e. The summed E-state index contributed by atoms with van der Waals surface area (Å²) < 4.78 is 1.61. The molecule has 0 spiro atoms. The molecule has 0 aliphatic heterocycles. The fourth-order valence-electron chi connectivity index (χ4n) is 1.88. The first-order valence-electron chi connectivity index (χ1n) is 7.02. The van der Waals surface area contributed by atoms with Gasteiger partial charge in [0.15, 0.2) is 5.16 Å². The number of nitrogens with one attached hydrogen (secondary N) is 1.